The standard InChI is InChI=1S/C3H8OS2/c1-3(2)6(4)5/h3,6H,1-2H3. The molecule has 0 amide bonds. The molecule has 0 aromatic carbocycles. The van der Waals surface area contributed by atoms with E-state index < -0.39 is 9.36 Å². The van der Waals surface area contributed by atoms with Crippen LogP contribution in [0.4, 0.5) is 0 Å². The summed E-state index contributed by atoms with van der Waals surface area (Å²) in [6.07, 6.45) is 0. The smallest absolute Gasteiger partial charge is 0.0288 e. The molecule has 0 aliphatic rings. The molecule has 0 bridgehead atoms. The van der Waals surface area contributed by atoms with E-state index in [4.69, 9.17) is 0 Å². The van der Waals surface area contributed by atoms with Crippen molar-refractivity contribution < 1.29 is 4.21 Å². The maximum atomic E-state index is 10.1. The number of hydrogen-bond acceptors (Lipinski definition) is 2. The van der Waals surface area contributed by atoms with Crippen LogP contribution in [0.15, 0.2) is 0 Å². The molecule has 6 heavy (non-hydrogen) atoms. The summed E-state index contributed by atoms with van der Waals surface area (Å²) in [7, 11) is -1.33. The molecule has 0 radical (unpaired) electrons. The van der Waals surface area contributed by atoms with Gasteiger partial charge in [0.25, 0.3) is 0 Å². The third-order valence-corrected chi connectivity index (χ3v) is 2.53. The van der Waals surface area contributed by atoms with Gasteiger partial charge in [0.2, 0.25) is 0 Å². The van der Waals surface area contributed by atoms with E-state index in [1.54, 1.807) is 0 Å². The second-order valence-corrected chi connectivity index (χ2v) is 4.06. The van der Waals surface area contributed by atoms with E-state index in [0.717, 1.165) is 0 Å². The van der Waals surface area contributed by atoms with Crippen molar-refractivity contribution in [2.24, 2.45) is 0 Å². The van der Waals surface area contributed by atoms with E-state index in [2.05, 4.69) is 11.2 Å². The average Bonchev–Trinajstić information content (AvgIpc) is 1.36. The van der Waals surface area contributed by atoms with E-state index in [1.165, 1.54) is 0 Å². The quantitative estimate of drug-likeness (QED) is 0.508. The van der Waals surface area contributed by atoms with Crippen molar-refractivity contribution in [1.82, 2.24) is 0 Å². The maximum Gasteiger partial charge on any atom is 0.0288 e. The zero-order valence-electron chi connectivity index (χ0n) is 3.84. The van der Waals surface area contributed by atoms with Crippen molar-refractivity contribution in [2.75, 3.05) is 0 Å². The summed E-state index contributed by atoms with van der Waals surface area (Å²) in [4.78, 5) is 0. The lowest BCUT2D eigenvalue weighted by Gasteiger charge is -1.85. The number of rotatable bonds is 1. The van der Waals surface area contributed by atoms with Crippen LogP contribution in [-0.4, -0.2) is 9.46 Å². The molecular formula is C3H8OS2. The first-order valence-corrected chi connectivity index (χ1v) is 4.12. The van der Waals surface area contributed by atoms with Gasteiger partial charge in [0.05, 0.1) is 0 Å². The molecule has 0 N–H and O–H groups in total. The summed E-state index contributed by atoms with van der Waals surface area (Å²) in [5.74, 6) is 0. The van der Waals surface area contributed by atoms with Gasteiger partial charge in [0.15, 0.2) is 0 Å². The molecule has 0 aliphatic heterocycles. The summed E-state index contributed by atoms with van der Waals surface area (Å²) in [5.41, 5.74) is 0. The van der Waals surface area contributed by atoms with Crippen LogP contribution >= 0.6 is 0 Å². The topological polar surface area (TPSA) is 17.1 Å². The first-order chi connectivity index (χ1) is 2.64. The first-order valence-electron chi connectivity index (χ1n) is 1.78. The molecule has 0 heterocycles. The van der Waals surface area contributed by atoms with E-state index >= 15 is 0 Å². The monoisotopic (exact) mass is 124 g/mol. The molecule has 38 valence electrons. The molecule has 0 saturated carbocycles. The zero-order chi connectivity index (χ0) is 5.15. The van der Waals surface area contributed by atoms with Gasteiger partial charge in [-0.15, -0.1) is 0 Å². The van der Waals surface area contributed by atoms with Gasteiger partial charge in [-0.25, -0.2) is 0 Å². The molecule has 0 aromatic rings. The highest BCUT2D eigenvalue weighted by molar-refractivity contribution is 8.22. The molecule has 3 heteroatoms. The van der Waals surface area contributed by atoms with Gasteiger partial charge in [-0.05, 0) is 11.2 Å². The van der Waals surface area contributed by atoms with E-state index in [0.29, 0.717) is 0 Å². The summed E-state index contributed by atoms with van der Waals surface area (Å²) in [6, 6.07) is 0. The Morgan fingerprint density at radius 3 is 1.83 bits per heavy atom. The Bertz CT molecular complexity index is 85.0. The predicted octanol–water partition coefficient (Wildman–Crippen LogP) is 0.338. The van der Waals surface area contributed by atoms with Gasteiger partial charge in [0.1, 0.15) is 0 Å². The minimum atomic E-state index is -1.33. The van der Waals surface area contributed by atoms with Gasteiger partial charge in [-0.1, -0.05) is 13.8 Å². The minimum absolute atomic E-state index is 0.176. The van der Waals surface area contributed by atoms with Gasteiger partial charge < -0.3 is 0 Å². The van der Waals surface area contributed by atoms with Crippen molar-refractivity contribution in [3.8, 4) is 0 Å². The Labute approximate surface area is 44.5 Å². The Morgan fingerprint density at radius 1 is 1.67 bits per heavy atom. The lowest BCUT2D eigenvalue weighted by atomic mass is 10.6. The van der Waals surface area contributed by atoms with Crippen LogP contribution in [0.1, 0.15) is 13.8 Å². The van der Waals surface area contributed by atoms with Crippen molar-refractivity contribution in [2.45, 2.75) is 19.1 Å². The lowest BCUT2D eigenvalue weighted by molar-refractivity contribution is 0.687. The van der Waals surface area contributed by atoms with Gasteiger partial charge in [-0.3, -0.25) is 4.21 Å². The normalized spacial score (nSPS) is 15.2. The SMILES string of the molecule is CC(C)[SH](=O)=S. The predicted molar refractivity (Wildman–Crippen MR) is 32.0 cm³/mol. The Hall–Kier alpha value is 0.370. The Morgan fingerprint density at radius 2 is 1.83 bits per heavy atom. The Kier molecular flexibility index (Phi) is 2.68. The highest BCUT2D eigenvalue weighted by atomic mass is 32.8. The molecule has 0 saturated heterocycles. The fourth-order valence-corrected chi connectivity index (χ4v) is 0. The van der Waals surface area contributed by atoms with Gasteiger partial charge >= 0.3 is 0 Å². The molecule has 0 aromatic heterocycles. The highest BCUT2D eigenvalue weighted by Crippen LogP contribution is 1.79. The minimum Gasteiger partial charge on any atom is -0.260 e. The Balaban J connectivity index is 3.57. The van der Waals surface area contributed by atoms with Gasteiger partial charge in [-0.2, -0.15) is 0 Å². The van der Waals surface area contributed by atoms with E-state index in [1.807, 2.05) is 13.8 Å². The fraction of sp³-hybridized carbons (Fsp3) is 1.00. The van der Waals surface area contributed by atoms with Crippen LogP contribution in [-0.2, 0) is 20.5 Å². The summed E-state index contributed by atoms with van der Waals surface area (Å²) >= 11 is 4.41. The maximum absolute atomic E-state index is 10.1. The summed E-state index contributed by atoms with van der Waals surface area (Å²) in [5, 5.41) is 0.176. The first kappa shape index (κ1) is 6.37. The average molecular weight is 124 g/mol. The third-order valence-electron chi connectivity index (χ3n) is 0.422. The molecule has 0 aliphatic carbocycles. The second-order valence-electron chi connectivity index (χ2n) is 1.38. The molecular weight excluding hydrogens is 116 g/mol. The third kappa shape index (κ3) is 2.60. The largest absolute Gasteiger partial charge is 0.260 e. The lowest BCUT2D eigenvalue weighted by Crippen LogP contribution is -1.92. The van der Waals surface area contributed by atoms with Crippen LogP contribution in [0, 0.1) is 0 Å². The number of hydrogen-bond donors (Lipinski definition) is 1. The summed E-state index contributed by atoms with van der Waals surface area (Å²) < 4.78 is 10.1. The van der Waals surface area contributed by atoms with Crippen molar-refractivity contribution >= 4 is 20.5 Å². The second kappa shape index (κ2) is 2.53. The van der Waals surface area contributed by atoms with Crippen molar-refractivity contribution in [3.63, 3.8) is 0 Å². The fourth-order valence-electron chi connectivity index (χ4n) is 0. The molecule has 1 unspecified atom stereocenters. The van der Waals surface area contributed by atoms with Gasteiger partial charge in [0, 0.05) is 14.6 Å². The summed E-state index contributed by atoms with van der Waals surface area (Å²) in [6.45, 7) is 3.71. The highest BCUT2D eigenvalue weighted by Gasteiger charge is 1.85. The van der Waals surface area contributed by atoms with Crippen LogP contribution in [0.2, 0.25) is 0 Å². The van der Waals surface area contributed by atoms with E-state index in [9.17, 15) is 4.21 Å². The van der Waals surface area contributed by atoms with Crippen LogP contribution < -0.4 is 0 Å². The van der Waals surface area contributed by atoms with Crippen LogP contribution in [0.25, 0.3) is 0 Å². The molecule has 1 atom stereocenters. The van der Waals surface area contributed by atoms with Crippen molar-refractivity contribution in [1.29, 1.82) is 0 Å². The van der Waals surface area contributed by atoms with E-state index in [-0.39, 0.29) is 5.25 Å². The van der Waals surface area contributed by atoms with Crippen LogP contribution in [0.3, 0.4) is 0 Å². The molecule has 1 nitrogen and oxygen atoms in total. The van der Waals surface area contributed by atoms with Crippen LogP contribution in [0.5, 0.6) is 0 Å². The number of thiol groups is 1. The van der Waals surface area contributed by atoms with Crippen molar-refractivity contribution in [3.05, 3.63) is 0 Å². The molecule has 0 spiro atoms. The molecule has 0 fully saturated rings. The zero-order valence-corrected chi connectivity index (χ0v) is 5.55. The molecule has 0 rings (SSSR count).